The van der Waals surface area contributed by atoms with Gasteiger partial charge in [-0.15, -0.1) is 0 Å². The van der Waals surface area contributed by atoms with Crippen LogP contribution in [0, 0.1) is 5.82 Å². The molecule has 0 atom stereocenters. The van der Waals surface area contributed by atoms with Gasteiger partial charge in [-0.2, -0.15) is 0 Å². The van der Waals surface area contributed by atoms with E-state index in [-0.39, 0.29) is 11.7 Å². The van der Waals surface area contributed by atoms with Gasteiger partial charge in [0.25, 0.3) is 0 Å². The number of benzene rings is 2. The van der Waals surface area contributed by atoms with Crippen LogP contribution in [0.4, 0.5) is 15.8 Å². The normalized spacial score (nSPS) is 13.7. The van der Waals surface area contributed by atoms with Crippen molar-refractivity contribution in [1.82, 2.24) is 5.32 Å². The van der Waals surface area contributed by atoms with Crippen LogP contribution in [0.15, 0.2) is 48.5 Å². The largest absolute Gasteiger partial charge is 0.385 e. The van der Waals surface area contributed by atoms with Crippen LogP contribution < -0.4 is 15.5 Å². The Hall–Kier alpha value is -2.56. The van der Waals surface area contributed by atoms with Crippen LogP contribution in [-0.4, -0.2) is 32.1 Å². The van der Waals surface area contributed by atoms with Gasteiger partial charge >= 0.3 is 0 Å². The summed E-state index contributed by atoms with van der Waals surface area (Å²) in [5.74, 6) is -0.247. The highest BCUT2D eigenvalue weighted by Gasteiger charge is 2.11. The molecule has 1 aliphatic heterocycles. The minimum Gasteiger partial charge on any atom is -0.385 e. The van der Waals surface area contributed by atoms with Gasteiger partial charge in [0.1, 0.15) is 5.82 Å². The molecule has 1 amide bonds. The molecule has 0 aromatic heterocycles. The van der Waals surface area contributed by atoms with E-state index in [9.17, 15) is 9.18 Å². The van der Waals surface area contributed by atoms with Crippen molar-refractivity contribution in [2.75, 3.05) is 36.4 Å². The van der Waals surface area contributed by atoms with E-state index in [2.05, 4.69) is 39.8 Å². The minimum absolute atomic E-state index is 0.0254. The first-order chi connectivity index (χ1) is 12.7. The van der Waals surface area contributed by atoms with E-state index in [1.807, 2.05) is 0 Å². The third-order valence-corrected chi connectivity index (χ3v) is 4.69. The van der Waals surface area contributed by atoms with Crippen molar-refractivity contribution < 1.29 is 9.18 Å². The maximum Gasteiger partial charge on any atom is 0.221 e. The zero-order valence-corrected chi connectivity index (χ0v) is 15.0. The number of rotatable bonds is 8. The van der Waals surface area contributed by atoms with Crippen molar-refractivity contribution in [3.05, 3.63) is 59.9 Å². The number of halogens is 1. The fourth-order valence-electron chi connectivity index (χ4n) is 3.21. The molecule has 1 heterocycles. The van der Waals surface area contributed by atoms with Gasteiger partial charge in [0.2, 0.25) is 5.91 Å². The second-order valence-electron chi connectivity index (χ2n) is 6.61. The molecule has 0 radical (unpaired) electrons. The van der Waals surface area contributed by atoms with Gasteiger partial charge < -0.3 is 15.5 Å². The lowest BCUT2D eigenvalue weighted by Crippen LogP contribution is -2.27. The molecular formula is C21H26FN3O. The lowest BCUT2D eigenvalue weighted by Gasteiger charge is -2.18. The quantitative estimate of drug-likeness (QED) is 0.761. The number of hydrogen-bond donors (Lipinski definition) is 2. The zero-order valence-electron chi connectivity index (χ0n) is 15.0. The molecule has 0 saturated carbocycles. The van der Waals surface area contributed by atoms with Crippen molar-refractivity contribution in [3.8, 4) is 0 Å². The molecule has 2 aromatic carbocycles. The Bertz CT molecular complexity index is 711. The third-order valence-electron chi connectivity index (χ3n) is 4.69. The first-order valence-corrected chi connectivity index (χ1v) is 9.31. The van der Waals surface area contributed by atoms with E-state index in [0.717, 1.165) is 18.8 Å². The average Bonchev–Trinajstić information content (AvgIpc) is 3.19. The topological polar surface area (TPSA) is 44.4 Å². The van der Waals surface area contributed by atoms with Crippen LogP contribution in [0.25, 0.3) is 0 Å². The monoisotopic (exact) mass is 355 g/mol. The highest BCUT2D eigenvalue weighted by Crippen LogP contribution is 2.21. The van der Waals surface area contributed by atoms with Crippen LogP contribution >= 0.6 is 0 Å². The Morgan fingerprint density at radius 2 is 1.73 bits per heavy atom. The van der Waals surface area contributed by atoms with Crippen molar-refractivity contribution in [2.24, 2.45) is 0 Å². The SMILES string of the molecule is O=C(CCNc1ccc(N2CCCC2)cc1)NCCc1ccccc1F. The summed E-state index contributed by atoms with van der Waals surface area (Å²) in [7, 11) is 0. The summed E-state index contributed by atoms with van der Waals surface area (Å²) in [5.41, 5.74) is 2.91. The number of carbonyl (C=O) groups is 1. The van der Waals surface area contributed by atoms with E-state index in [1.165, 1.54) is 24.6 Å². The van der Waals surface area contributed by atoms with Gasteiger partial charge in [0, 0.05) is 44.0 Å². The highest BCUT2D eigenvalue weighted by atomic mass is 19.1. The molecule has 5 heteroatoms. The molecule has 0 aliphatic carbocycles. The van der Waals surface area contributed by atoms with Crippen LogP contribution in [0.3, 0.4) is 0 Å². The molecule has 1 fully saturated rings. The predicted octanol–water partition coefficient (Wildman–Crippen LogP) is 3.59. The Morgan fingerprint density at radius 1 is 1.00 bits per heavy atom. The van der Waals surface area contributed by atoms with Gasteiger partial charge in [0.15, 0.2) is 0 Å². The maximum atomic E-state index is 13.5. The lowest BCUT2D eigenvalue weighted by atomic mass is 10.1. The number of carbonyl (C=O) groups excluding carboxylic acids is 1. The fraction of sp³-hybridized carbons (Fsp3) is 0.381. The van der Waals surface area contributed by atoms with E-state index in [0.29, 0.717) is 31.5 Å². The van der Waals surface area contributed by atoms with E-state index in [4.69, 9.17) is 0 Å². The summed E-state index contributed by atoms with van der Waals surface area (Å²) < 4.78 is 13.5. The molecular weight excluding hydrogens is 329 g/mol. The highest BCUT2D eigenvalue weighted by molar-refractivity contribution is 5.76. The molecule has 2 aromatic rings. The third kappa shape index (κ3) is 5.22. The Balaban J connectivity index is 1.34. The molecule has 3 rings (SSSR count). The lowest BCUT2D eigenvalue weighted by molar-refractivity contribution is -0.120. The average molecular weight is 355 g/mol. The molecule has 4 nitrogen and oxygen atoms in total. The first-order valence-electron chi connectivity index (χ1n) is 9.31. The summed E-state index contributed by atoms with van der Waals surface area (Å²) >= 11 is 0. The molecule has 0 spiro atoms. The summed E-state index contributed by atoms with van der Waals surface area (Å²) in [5, 5.41) is 6.11. The van der Waals surface area contributed by atoms with E-state index in [1.54, 1.807) is 18.2 Å². The molecule has 0 unspecified atom stereocenters. The van der Waals surface area contributed by atoms with Crippen molar-refractivity contribution >= 4 is 17.3 Å². The summed E-state index contributed by atoms with van der Waals surface area (Å²) in [6.07, 6.45) is 3.44. The molecule has 1 saturated heterocycles. The Kier molecular flexibility index (Phi) is 6.47. The second kappa shape index (κ2) is 9.22. The molecule has 1 aliphatic rings. The van der Waals surface area contributed by atoms with E-state index >= 15 is 0 Å². The van der Waals surface area contributed by atoms with Crippen LogP contribution in [0.1, 0.15) is 24.8 Å². The van der Waals surface area contributed by atoms with Crippen LogP contribution in [0.2, 0.25) is 0 Å². The van der Waals surface area contributed by atoms with Gasteiger partial charge in [-0.25, -0.2) is 4.39 Å². The minimum atomic E-state index is -0.221. The Morgan fingerprint density at radius 3 is 2.46 bits per heavy atom. The summed E-state index contributed by atoms with van der Waals surface area (Å²) in [4.78, 5) is 14.3. The summed E-state index contributed by atoms with van der Waals surface area (Å²) in [6, 6.07) is 15.0. The smallest absolute Gasteiger partial charge is 0.221 e. The second-order valence-corrected chi connectivity index (χ2v) is 6.61. The van der Waals surface area contributed by atoms with Crippen LogP contribution in [-0.2, 0) is 11.2 Å². The van der Waals surface area contributed by atoms with Crippen molar-refractivity contribution in [2.45, 2.75) is 25.7 Å². The maximum absolute atomic E-state index is 13.5. The van der Waals surface area contributed by atoms with Gasteiger partial charge in [-0.05, 0) is 55.2 Å². The standard InChI is InChI=1S/C21H26FN3O/c22-20-6-2-1-5-17(20)11-13-24-21(26)12-14-23-18-7-9-19(10-8-18)25-15-3-4-16-25/h1-2,5-10,23H,3-4,11-16H2,(H,24,26). The molecule has 26 heavy (non-hydrogen) atoms. The summed E-state index contributed by atoms with van der Waals surface area (Å²) in [6.45, 7) is 3.30. The van der Waals surface area contributed by atoms with Gasteiger partial charge in [0.05, 0.1) is 0 Å². The first kappa shape index (κ1) is 18.2. The van der Waals surface area contributed by atoms with Crippen molar-refractivity contribution in [1.29, 1.82) is 0 Å². The fourth-order valence-corrected chi connectivity index (χ4v) is 3.21. The number of amides is 1. The number of nitrogens with zero attached hydrogens (tertiary/aromatic N) is 1. The van der Waals surface area contributed by atoms with Crippen LogP contribution in [0.5, 0.6) is 0 Å². The predicted molar refractivity (Wildman–Crippen MR) is 104 cm³/mol. The zero-order chi connectivity index (χ0) is 18.2. The van der Waals surface area contributed by atoms with Gasteiger partial charge in [-0.1, -0.05) is 18.2 Å². The number of hydrogen-bond acceptors (Lipinski definition) is 3. The number of anilines is 2. The van der Waals surface area contributed by atoms with Gasteiger partial charge in [-0.3, -0.25) is 4.79 Å². The van der Waals surface area contributed by atoms with E-state index < -0.39 is 0 Å². The molecule has 2 N–H and O–H groups in total. The van der Waals surface area contributed by atoms with Crippen molar-refractivity contribution in [3.63, 3.8) is 0 Å². The number of nitrogens with one attached hydrogen (secondary N) is 2. The Labute approximate surface area is 154 Å². The molecule has 138 valence electrons. The molecule has 0 bridgehead atoms.